The van der Waals surface area contributed by atoms with Gasteiger partial charge < -0.3 is 77.9 Å². The number of hydrogen-bond donors (Lipinski definition) is 10. The van der Waals surface area contributed by atoms with E-state index in [4.69, 9.17) is 54.5 Å². The van der Waals surface area contributed by atoms with Gasteiger partial charge in [-0.05, 0) is 140 Å². The van der Waals surface area contributed by atoms with Gasteiger partial charge in [0.2, 0.25) is 0 Å². The summed E-state index contributed by atoms with van der Waals surface area (Å²) in [6.07, 6.45) is 8.38. The monoisotopic (exact) mass is 1290 g/mol. The Labute approximate surface area is 476 Å². The van der Waals surface area contributed by atoms with E-state index in [1.807, 2.05) is 0 Å². The molecule has 0 amide bonds. The Balaban J connectivity index is 0.00000241. The Kier molecular flexibility index (Phi) is 20.8. The number of nitrogens with two attached hydrogens (primary N) is 8. The van der Waals surface area contributed by atoms with Crippen LogP contribution >= 0.6 is 47.0 Å². The third kappa shape index (κ3) is 13.6. The van der Waals surface area contributed by atoms with Crippen LogP contribution < -0.4 is 112 Å². The lowest BCUT2D eigenvalue weighted by atomic mass is 10.0. The molecule has 0 atom stereocenters. The number of benzene rings is 4. The third-order valence-electron chi connectivity index (χ3n) is 11.3. The lowest BCUT2D eigenvalue weighted by Gasteiger charge is -2.08. The van der Waals surface area contributed by atoms with Crippen molar-refractivity contribution in [2.75, 3.05) is 0 Å². The van der Waals surface area contributed by atoms with E-state index in [1.165, 1.54) is 47.0 Å². The molecule has 18 N–H and O–H groups in total. The first kappa shape index (κ1) is 57.6. The Morgan fingerprint density at radius 2 is 0.528 bits per heavy atom. The van der Waals surface area contributed by atoms with Gasteiger partial charge in [0.05, 0.1) is 22.8 Å². The Hall–Kier alpha value is -5.32. The van der Waals surface area contributed by atoms with Crippen LogP contribution in [0.4, 0.5) is 0 Å². The molecule has 0 aliphatic carbocycles. The van der Waals surface area contributed by atoms with Crippen LogP contribution in [0.25, 0.3) is 90.9 Å². The van der Waals surface area contributed by atoms with E-state index in [2.05, 4.69) is 156 Å². The zero-order chi connectivity index (χ0) is 47.3. The summed E-state index contributed by atoms with van der Waals surface area (Å²) in [5, 5.41) is 24.6. The van der Waals surface area contributed by atoms with E-state index in [9.17, 15) is 0 Å². The van der Waals surface area contributed by atoms with Gasteiger partial charge >= 0.3 is 0 Å². The summed E-state index contributed by atoms with van der Waals surface area (Å²) in [6, 6.07) is 42.4. The fraction of sp³-hybridized carbons (Fsp3) is 0.0769. The molecule has 370 valence electrons. The van der Waals surface area contributed by atoms with Crippen molar-refractivity contribution < 1.29 is 89.6 Å². The second-order valence-corrected chi connectivity index (χ2v) is 20.2. The lowest BCUT2D eigenvalue weighted by Crippen LogP contribution is -3.00. The van der Waals surface area contributed by atoms with Crippen molar-refractivity contribution in [3.05, 3.63) is 166 Å². The fourth-order valence-corrected chi connectivity index (χ4v) is 10.3. The first-order valence-corrected chi connectivity index (χ1v) is 25.5. The molecular formula is C52H50Br4N12S4. The van der Waals surface area contributed by atoms with Crippen LogP contribution in [0.1, 0.15) is 45.0 Å². The molecule has 7 aromatic rings. The summed E-state index contributed by atoms with van der Waals surface area (Å²) in [7, 11) is 0. The summed E-state index contributed by atoms with van der Waals surface area (Å²) in [5.41, 5.74) is 42.2. The van der Waals surface area contributed by atoms with Crippen molar-refractivity contribution >= 4 is 114 Å². The normalized spacial score (nSPS) is 11.1. The fourth-order valence-electron chi connectivity index (χ4n) is 8.16. The number of halogens is 4. The molecule has 20 heteroatoms. The van der Waals surface area contributed by atoms with E-state index in [1.54, 1.807) is 0 Å². The van der Waals surface area contributed by atoms with Gasteiger partial charge in [-0.15, -0.1) is 0 Å². The highest BCUT2D eigenvalue weighted by Crippen LogP contribution is 2.39. The highest BCUT2D eigenvalue weighted by Gasteiger charge is 2.20. The largest absolute Gasteiger partial charge is 1.00 e. The van der Waals surface area contributed by atoms with Gasteiger partial charge in [-0.1, -0.05) is 97.1 Å². The molecule has 12 nitrogen and oxygen atoms in total. The zero-order valence-corrected chi connectivity index (χ0v) is 48.0. The maximum atomic E-state index is 5.81. The molecule has 2 aliphatic heterocycles. The first-order valence-electron chi connectivity index (χ1n) is 21.5. The van der Waals surface area contributed by atoms with E-state index in [-0.39, 0.29) is 67.9 Å². The van der Waals surface area contributed by atoms with Gasteiger partial charge in [0.15, 0.2) is 0 Å². The Bertz CT molecular complexity index is 2920. The Morgan fingerprint density at radius 1 is 0.333 bits per heavy atom. The number of aromatic amines is 2. The number of amidine groups is 4. The van der Waals surface area contributed by atoms with Crippen molar-refractivity contribution in [2.45, 2.75) is 23.0 Å². The van der Waals surface area contributed by atoms with E-state index in [0.29, 0.717) is 43.7 Å². The van der Waals surface area contributed by atoms with Crippen LogP contribution in [0.2, 0.25) is 0 Å². The zero-order valence-electron chi connectivity index (χ0n) is 38.3. The van der Waals surface area contributed by atoms with Gasteiger partial charge in [-0.3, -0.25) is 44.6 Å². The van der Waals surface area contributed by atoms with Crippen LogP contribution in [0.5, 0.6) is 0 Å². The molecule has 2 aliphatic rings. The number of nitrogens with one attached hydrogen (secondary N) is 2. The van der Waals surface area contributed by atoms with Gasteiger partial charge in [0.25, 0.3) is 20.7 Å². The topological polar surface area (TPSA) is 264 Å². The van der Waals surface area contributed by atoms with Gasteiger partial charge in [0.1, 0.15) is 0 Å². The van der Waals surface area contributed by atoms with Crippen LogP contribution in [0.3, 0.4) is 0 Å². The molecule has 5 heterocycles. The summed E-state index contributed by atoms with van der Waals surface area (Å²) in [4.78, 5) is 18.6. The number of H-pyrrole nitrogens is 2. The van der Waals surface area contributed by atoms with Crippen molar-refractivity contribution in [1.29, 1.82) is 0 Å². The van der Waals surface area contributed by atoms with Crippen LogP contribution in [-0.2, 0) is 23.0 Å². The molecule has 0 saturated carbocycles. The predicted octanol–water partition coefficient (Wildman–Crippen LogP) is -7.43. The number of nitrogens with zero attached hydrogens (tertiary/aromatic N) is 2. The quantitative estimate of drug-likeness (QED) is 0.0409. The smallest absolute Gasteiger partial charge is 0.300 e. The minimum atomic E-state index is 0. The first-order chi connectivity index (χ1) is 32.9. The van der Waals surface area contributed by atoms with Crippen molar-refractivity contribution in [1.82, 2.24) is 19.9 Å². The molecule has 9 rings (SSSR count). The molecule has 72 heavy (non-hydrogen) atoms. The molecule has 8 bridgehead atoms. The van der Waals surface area contributed by atoms with Crippen LogP contribution in [-0.4, -0.2) is 40.6 Å². The highest BCUT2D eigenvalue weighted by molar-refractivity contribution is 8.13. The summed E-state index contributed by atoms with van der Waals surface area (Å²) in [6.45, 7) is 0. The maximum Gasteiger partial charge on any atom is 0.300 e. The minimum Gasteiger partial charge on any atom is -1.00 e. The molecule has 0 saturated heterocycles. The highest BCUT2D eigenvalue weighted by atomic mass is 79.9. The standard InChI is InChI=1S/C52H46N12S4.4BrH/c53-49(54)65-25-29-1-9-33(10-2-29)45-37-17-19-39(61-37)46(34-11-3-30(4-12-34)26-66-50(55)56)41-21-23-43(63-41)48(36-15-7-32(8-16-36)28-68-52(59)60)44-24-22-42(64-44)47(40-20-18-38(45)62-40)35-13-5-31(6-14-35)27-67-51(57)58;;;;/h1-24,61,64H,25-28H2,(H3,53,54)(H3,55,56)(H3,57,58)(H3,59,60);4*1H. The summed E-state index contributed by atoms with van der Waals surface area (Å²) < 4.78 is 0. The summed E-state index contributed by atoms with van der Waals surface area (Å²) in [5.74, 6) is 2.63. The number of rotatable bonds is 12. The maximum absolute atomic E-state index is 5.81. The third-order valence-corrected chi connectivity index (χ3v) is 14.6. The van der Waals surface area contributed by atoms with E-state index < -0.39 is 0 Å². The number of fused-ring (bicyclic) bond motifs is 8. The van der Waals surface area contributed by atoms with E-state index >= 15 is 0 Å². The molecule has 0 unspecified atom stereocenters. The van der Waals surface area contributed by atoms with Crippen molar-refractivity contribution in [3.63, 3.8) is 0 Å². The van der Waals surface area contributed by atoms with Gasteiger partial charge in [-0.2, -0.15) is 0 Å². The Morgan fingerprint density at radius 3 is 0.708 bits per heavy atom. The van der Waals surface area contributed by atoms with Gasteiger partial charge in [0, 0.05) is 67.3 Å². The molecule has 3 aromatic heterocycles. The van der Waals surface area contributed by atoms with Gasteiger partial charge in [-0.25, -0.2) is 9.97 Å². The second kappa shape index (κ2) is 26.1. The SMILES string of the molecule is NC(=[NH2+])SCc1ccc(-c2c3nc(c(-c4ccc(CSC(N)=[NH2+])cc4)c4ccc([nH]4)c(-c4ccc(CSC(N)=[NH2+])cc4)c4nc(c(-c5ccc(CSC(N)=[NH2+])cc5)c5ccc2[nH]5)C=C4)C=C3)cc1.[Br-].[Br-].[Br-].[Br-]. The van der Waals surface area contributed by atoms with Crippen molar-refractivity contribution in [3.8, 4) is 44.5 Å². The number of thioether (sulfide) groups is 4. The molecule has 0 radical (unpaired) electrons. The van der Waals surface area contributed by atoms with E-state index in [0.717, 1.165) is 112 Å². The summed E-state index contributed by atoms with van der Waals surface area (Å²) >= 11 is 5.63. The number of hydrogen-bond acceptors (Lipinski definition) is 6. The minimum absolute atomic E-state index is 0. The molecule has 0 fully saturated rings. The molecule has 0 spiro atoms. The average molecular weight is 1290 g/mol. The predicted molar refractivity (Wildman–Crippen MR) is 290 cm³/mol. The molecular weight excluding hydrogens is 1240 g/mol. The number of aromatic nitrogens is 4. The average Bonchev–Trinajstić information content (AvgIpc) is 4.19. The second-order valence-electron chi connectivity index (χ2n) is 16.1. The van der Waals surface area contributed by atoms with Crippen LogP contribution in [0.15, 0.2) is 121 Å². The lowest BCUT2D eigenvalue weighted by molar-refractivity contribution is -0.110. The van der Waals surface area contributed by atoms with Crippen molar-refractivity contribution in [2.24, 2.45) is 22.9 Å². The molecule has 4 aromatic carbocycles. The van der Waals surface area contributed by atoms with Crippen LogP contribution in [0, 0.1) is 0 Å².